The third-order valence-corrected chi connectivity index (χ3v) is 7.21. The van der Waals surface area contributed by atoms with Gasteiger partial charge < -0.3 is 4.42 Å². The average molecular weight is 571 g/mol. The highest BCUT2D eigenvalue weighted by molar-refractivity contribution is 9.11. The summed E-state index contributed by atoms with van der Waals surface area (Å²) in [5.74, 6) is -0.214. The number of hydrazone groups is 1. The number of thiophene rings is 1. The summed E-state index contributed by atoms with van der Waals surface area (Å²) in [5, 5.41) is 5.58. The van der Waals surface area contributed by atoms with Crippen LogP contribution in [0.15, 0.2) is 82.2 Å². The van der Waals surface area contributed by atoms with E-state index in [9.17, 15) is 4.79 Å². The molecule has 0 aliphatic rings. The number of benzene rings is 2. The molecule has 0 aliphatic carbocycles. The molecule has 0 aliphatic heterocycles. The van der Waals surface area contributed by atoms with Crippen molar-refractivity contribution in [2.45, 2.75) is 9.10 Å². The van der Waals surface area contributed by atoms with Crippen molar-refractivity contribution in [1.29, 1.82) is 0 Å². The Morgan fingerprint density at radius 3 is 2.72 bits per heavy atom. The van der Waals surface area contributed by atoms with Crippen LogP contribution in [0, 0.1) is 0 Å². The van der Waals surface area contributed by atoms with Gasteiger partial charge in [-0.1, -0.05) is 39.3 Å². The molecule has 146 valence electrons. The van der Waals surface area contributed by atoms with Gasteiger partial charge in [-0.15, -0.1) is 11.3 Å². The SMILES string of the molecule is O=C(N/N=C\c1ccc(Sc2ccc(Cl)cc2)s1)c1cc2cc(Br)cc(Br)c2o1. The predicted molar refractivity (Wildman–Crippen MR) is 127 cm³/mol. The van der Waals surface area contributed by atoms with Gasteiger partial charge in [-0.05, 0) is 70.5 Å². The number of amides is 1. The monoisotopic (exact) mass is 568 g/mol. The molecule has 2 aromatic heterocycles. The van der Waals surface area contributed by atoms with Gasteiger partial charge in [-0.25, -0.2) is 5.43 Å². The average Bonchev–Trinajstić information content (AvgIpc) is 3.30. The van der Waals surface area contributed by atoms with Crippen LogP contribution in [0.1, 0.15) is 15.4 Å². The fraction of sp³-hybridized carbons (Fsp3) is 0. The first-order valence-corrected chi connectivity index (χ1v) is 11.8. The van der Waals surface area contributed by atoms with Gasteiger partial charge in [0, 0.05) is 24.7 Å². The molecule has 4 nitrogen and oxygen atoms in total. The molecule has 1 N–H and O–H groups in total. The van der Waals surface area contributed by atoms with Gasteiger partial charge in [-0.3, -0.25) is 4.79 Å². The molecule has 0 spiro atoms. The maximum absolute atomic E-state index is 12.3. The molecule has 2 heterocycles. The van der Waals surface area contributed by atoms with Crippen LogP contribution in [-0.2, 0) is 0 Å². The highest BCUT2D eigenvalue weighted by Gasteiger charge is 2.14. The van der Waals surface area contributed by atoms with E-state index < -0.39 is 5.91 Å². The maximum Gasteiger partial charge on any atom is 0.307 e. The minimum Gasteiger partial charge on any atom is -0.450 e. The van der Waals surface area contributed by atoms with Crippen LogP contribution in [0.25, 0.3) is 11.0 Å². The second-order valence-electron chi connectivity index (χ2n) is 5.83. The second-order valence-corrected chi connectivity index (χ2v) is 10.5. The summed E-state index contributed by atoms with van der Waals surface area (Å²) < 4.78 is 8.42. The summed E-state index contributed by atoms with van der Waals surface area (Å²) in [6.07, 6.45) is 1.61. The summed E-state index contributed by atoms with van der Waals surface area (Å²) in [7, 11) is 0. The Morgan fingerprint density at radius 1 is 1.14 bits per heavy atom. The third kappa shape index (κ3) is 5.13. The van der Waals surface area contributed by atoms with Crippen molar-refractivity contribution in [1.82, 2.24) is 5.43 Å². The van der Waals surface area contributed by atoms with Crippen molar-refractivity contribution in [3.63, 3.8) is 0 Å². The van der Waals surface area contributed by atoms with Crippen LogP contribution in [0.3, 0.4) is 0 Å². The lowest BCUT2D eigenvalue weighted by atomic mass is 10.2. The molecule has 4 aromatic rings. The molecule has 2 aromatic carbocycles. The molecule has 0 radical (unpaired) electrons. The number of carbonyl (C=O) groups is 1. The Hall–Kier alpha value is -1.58. The number of nitrogens with zero attached hydrogens (tertiary/aromatic N) is 1. The van der Waals surface area contributed by atoms with E-state index in [0.717, 1.165) is 28.3 Å². The van der Waals surface area contributed by atoms with Gasteiger partial charge in [-0.2, -0.15) is 5.10 Å². The van der Waals surface area contributed by atoms with E-state index in [1.165, 1.54) is 0 Å². The highest BCUT2D eigenvalue weighted by atomic mass is 79.9. The lowest BCUT2D eigenvalue weighted by Crippen LogP contribution is -2.16. The lowest BCUT2D eigenvalue weighted by Gasteiger charge is -1.97. The van der Waals surface area contributed by atoms with Crippen molar-refractivity contribution in [3.8, 4) is 0 Å². The number of hydrogen-bond acceptors (Lipinski definition) is 5. The van der Waals surface area contributed by atoms with Gasteiger partial charge in [0.15, 0.2) is 5.76 Å². The molecule has 0 saturated heterocycles. The zero-order valence-electron chi connectivity index (χ0n) is 14.5. The maximum atomic E-state index is 12.3. The molecule has 0 unspecified atom stereocenters. The molecular formula is C20H11Br2ClN2O2S2. The van der Waals surface area contributed by atoms with E-state index in [0.29, 0.717) is 10.6 Å². The van der Waals surface area contributed by atoms with Crippen molar-refractivity contribution in [3.05, 3.63) is 79.2 Å². The summed E-state index contributed by atoms with van der Waals surface area (Å²) in [6.45, 7) is 0. The first-order chi connectivity index (χ1) is 14.0. The van der Waals surface area contributed by atoms with Crippen molar-refractivity contribution in [2.75, 3.05) is 0 Å². The van der Waals surface area contributed by atoms with Crippen molar-refractivity contribution >= 4 is 89.7 Å². The second kappa shape index (κ2) is 9.06. The van der Waals surface area contributed by atoms with E-state index in [-0.39, 0.29) is 5.76 Å². The quantitative estimate of drug-likeness (QED) is 0.199. The minimum absolute atomic E-state index is 0.195. The zero-order valence-corrected chi connectivity index (χ0v) is 20.0. The first-order valence-electron chi connectivity index (χ1n) is 8.23. The number of carbonyl (C=O) groups excluding carboxylic acids is 1. The van der Waals surface area contributed by atoms with Crippen LogP contribution in [0.4, 0.5) is 0 Å². The third-order valence-electron chi connectivity index (χ3n) is 3.75. The van der Waals surface area contributed by atoms with Crippen LogP contribution >= 0.6 is 66.6 Å². The topological polar surface area (TPSA) is 54.6 Å². The Balaban J connectivity index is 1.40. The van der Waals surface area contributed by atoms with Gasteiger partial charge >= 0.3 is 5.91 Å². The van der Waals surface area contributed by atoms with Crippen LogP contribution in [0.5, 0.6) is 0 Å². The van der Waals surface area contributed by atoms with Gasteiger partial charge in [0.05, 0.1) is 14.9 Å². The summed E-state index contributed by atoms with van der Waals surface area (Å²) in [6, 6.07) is 17.1. The van der Waals surface area contributed by atoms with Crippen molar-refractivity contribution in [2.24, 2.45) is 5.10 Å². The molecule has 1 amide bonds. The number of halogens is 3. The van der Waals surface area contributed by atoms with Gasteiger partial charge in [0.1, 0.15) is 5.58 Å². The van der Waals surface area contributed by atoms with E-state index >= 15 is 0 Å². The Labute approximate surface area is 196 Å². The smallest absolute Gasteiger partial charge is 0.307 e. The number of furan rings is 1. The highest BCUT2D eigenvalue weighted by Crippen LogP contribution is 2.33. The molecule has 0 fully saturated rings. The van der Waals surface area contributed by atoms with E-state index in [1.54, 1.807) is 35.4 Å². The molecule has 0 bridgehead atoms. The molecule has 29 heavy (non-hydrogen) atoms. The van der Waals surface area contributed by atoms with Crippen LogP contribution in [0.2, 0.25) is 5.02 Å². The Morgan fingerprint density at radius 2 is 1.93 bits per heavy atom. The number of hydrogen-bond donors (Lipinski definition) is 1. The van der Waals surface area contributed by atoms with Crippen LogP contribution < -0.4 is 5.43 Å². The normalized spacial score (nSPS) is 11.4. The summed E-state index contributed by atoms with van der Waals surface area (Å²) in [4.78, 5) is 14.4. The van der Waals surface area contributed by atoms with E-state index in [4.69, 9.17) is 16.0 Å². The molecule has 9 heteroatoms. The van der Waals surface area contributed by atoms with E-state index in [1.807, 2.05) is 48.5 Å². The number of rotatable bonds is 5. The summed E-state index contributed by atoms with van der Waals surface area (Å²) in [5.41, 5.74) is 3.12. The van der Waals surface area contributed by atoms with Gasteiger partial charge in [0.25, 0.3) is 0 Å². The molecule has 0 atom stereocenters. The Kier molecular flexibility index (Phi) is 6.46. The standard InChI is InChI=1S/C20H11Br2ClN2O2S2/c21-12-7-11-8-17(27-19(11)16(22)9-12)20(26)25-24-10-15-5-6-18(29-15)28-14-3-1-13(23)2-4-14/h1-10H,(H,25,26)/b24-10-. The number of nitrogens with one attached hydrogen (secondary N) is 1. The predicted octanol–water partition coefficient (Wildman–Crippen LogP) is 7.59. The van der Waals surface area contributed by atoms with E-state index in [2.05, 4.69) is 42.4 Å². The fourth-order valence-electron chi connectivity index (χ4n) is 2.47. The van der Waals surface area contributed by atoms with Gasteiger partial charge in [0.2, 0.25) is 0 Å². The summed E-state index contributed by atoms with van der Waals surface area (Å²) >= 11 is 16.0. The molecule has 0 saturated carbocycles. The number of fused-ring (bicyclic) bond motifs is 1. The lowest BCUT2D eigenvalue weighted by molar-refractivity contribution is 0.0929. The zero-order chi connectivity index (χ0) is 20.4. The van der Waals surface area contributed by atoms with Crippen LogP contribution in [-0.4, -0.2) is 12.1 Å². The minimum atomic E-state index is -0.409. The van der Waals surface area contributed by atoms with Crippen molar-refractivity contribution < 1.29 is 9.21 Å². The first kappa shape index (κ1) is 20.7. The fourth-order valence-corrected chi connectivity index (χ4v) is 5.93. The largest absolute Gasteiger partial charge is 0.450 e. The molecular weight excluding hydrogens is 560 g/mol. The molecule has 4 rings (SSSR count). The Bertz CT molecular complexity index is 1220.